The van der Waals surface area contributed by atoms with Crippen molar-refractivity contribution >= 4 is 21.6 Å². The first kappa shape index (κ1) is 13.8. The molecule has 0 bridgehead atoms. The molecule has 0 unspecified atom stereocenters. The zero-order chi connectivity index (χ0) is 13.3. The average Bonchev–Trinajstić information content (AvgIpc) is 2.30. The van der Waals surface area contributed by atoms with E-state index in [1.807, 2.05) is 4.90 Å². The summed E-state index contributed by atoms with van der Waals surface area (Å²) in [7, 11) is 0. The summed E-state index contributed by atoms with van der Waals surface area (Å²) in [6.45, 7) is 5.83. The molecule has 0 aliphatic carbocycles. The van der Waals surface area contributed by atoms with Crippen LogP contribution in [0.25, 0.3) is 0 Å². The van der Waals surface area contributed by atoms with Crippen molar-refractivity contribution < 1.29 is 8.78 Å². The van der Waals surface area contributed by atoms with E-state index in [1.54, 1.807) is 0 Å². The number of benzene rings is 1. The largest absolute Gasteiger partial charge is 0.367 e. The molecule has 0 saturated carbocycles. The maximum Gasteiger partial charge on any atom is 0.149 e. The molecule has 1 saturated heterocycles. The Hall–Kier alpha value is -0.640. The lowest BCUT2D eigenvalue weighted by Gasteiger charge is -2.38. The van der Waals surface area contributed by atoms with Crippen molar-refractivity contribution in [2.24, 2.45) is 5.41 Å². The van der Waals surface area contributed by atoms with E-state index in [-0.39, 0.29) is 11.1 Å². The zero-order valence-corrected chi connectivity index (χ0v) is 12.4. The summed E-state index contributed by atoms with van der Waals surface area (Å²) in [5.74, 6) is -0.909. The molecule has 0 spiro atoms. The SMILES string of the molecule is CC1(C)CCN(c2c(F)cc(CBr)cc2F)CC1. The van der Waals surface area contributed by atoms with Gasteiger partial charge < -0.3 is 4.90 Å². The van der Waals surface area contributed by atoms with Gasteiger partial charge in [-0.05, 0) is 36.0 Å². The summed E-state index contributed by atoms with van der Waals surface area (Å²) in [5.41, 5.74) is 1.04. The normalized spacial score (nSPS) is 19.1. The lowest BCUT2D eigenvalue weighted by Crippen LogP contribution is -2.38. The Bertz CT molecular complexity index is 412. The lowest BCUT2D eigenvalue weighted by atomic mass is 9.82. The first-order chi connectivity index (χ1) is 8.43. The molecule has 1 aromatic rings. The van der Waals surface area contributed by atoms with E-state index in [4.69, 9.17) is 0 Å². The molecule has 0 amide bonds. The summed E-state index contributed by atoms with van der Waals surface area (Å²) < 4.78 is 27.9. The molecule has 0 aromatic heterocycles. The quantitative estimate of drug-likeness (QED) is 0.727. The first-order valence-corrected chi connectivity index (χ1v) is 7.34. The van der Waals surface area contributed by atoms with E-state index in [2.05, 4.69) is 29.8 Å². The monoisotopic (exact) mass is 317 g/mol. The molecule has 1 heterocycles. The maximum absolute atomic E-state index is 14.0. The van der Waals surface area contributed by atoms with Crippen LogP contribution in [0, 0.1) is 17.0 Å². The molecule has 0 N–H and O–H groups in total. The van der Waals surface area contributed by atoms with Crippen LogP contribution in [-0.2, 0) is 5.33 Å². The van der Waals surface area contributed by atoms with Crippen molar-refractivity contribution in [1.82, 2.24) is 0 Å². The van der Waals surface area contributed by atoms with Gasteiger partial charge in [-0.2, -0.15) is 0 Å². The van der Waals surface area contributed by atoms with E-state index in [0.717, 1.165) is 12.8 Å². The Morgan fingerprint density at radius 2 is 1.67 bits per heavy atom. The van der Waals surface area contributed by atoms with Crippen molar-refractivity contribution in [1.29, 1.82) is 0 Å². The van der Waals surface area contributed by atoms with Crippen LogP contribution in [-0.4, -0.2) is 13.1 Å². The van der Waals surface area contributed by atoms with Crippen LogP contribution in [0.1, 0.15) is 32.3 Å². The van der Waals surface area contributed by atoms with Gasteiger partial charge in [0.15, 0.2) is 0 Å². The van der Waals surface area contributed by atoms with Crippen LogP contribution in [0.2, 0.25) is 0 Å². The van der Waals surface area contributed by atoms with Gasteiger partial charge in [-0.15, -0.1) is 0 Å². The number of piperidine rings is 1. The maximum atomic E-state index is 14.0. The Labute approximate surface area is 115 Å². The van der Waals surface area contributed by atoms with Crippen molar-refractivity contribution in [3.63, 3.8) is 0 Å². The molecule has 1 aliphatic heterocycles. The van der Waals surface area contributed by atoms with Crippen LogP contribution in [0.15, 0.2) is 12.1 Å². The molecule has 1 aliphatic rings. The molecule has 0 atom stereocenters. The summed E-state index contributed by atoms with van der Waals surface area (Å²) in [6.07, 6.45) is 1.93. The number of nitrogens with zero attached hydrogens (tertiary/aromatic N) is 1. The smallest absolute Gasteiger partial charge is 0.149 e. The van der Waals surface area contributed by atoms with E-state index < -0.39 is 11.6 Å². The number of hydrogen-bond acceptors (Lipinski definition) is 1. The highest BCUT2D eigenvalue weighted by Gasteiger charge is 2.28. The van der Waals surface area contributed by atoms with Crippen molar-refractivity contribution in [2.45, 2.75) is 32.0 Å². The van der Waals surface area contributed by atoms with Gasteiger partial charge in [-0.3, -0.25) is 0 Å². The number of rotatable bonds is 2. The summed E-state index contributed by atoms with van der Waals surface area (Å²) in [4.78, 5) is 1.83. The Morgan fingerprint density at radius 1 is 1.17 bits per heavy atom. The van der Waals surface area contributed by atoms with Crippen LogP contribution in [0.3, 0.4) is 0 Å². The van der Waals surface area contributed by atoms with Crippen LogP contribution >= 0.6 is 15.9 Å². The predicted molar refractivity (Wildman–Crippen MR) is 74.2 cm³/mol. The minimum Gasteiger partial charge on any atom is -0.367 e. The standard InChI is InChI=1S/C14H18BrF2N/c1-14(2)3-5-18(6-4-14)13-11(16)7-10(9-15)8-12(13)17/h7-8H,3-6,9H2,1-2H3. The van der Waals surface area contributed by atoms with Gasteiger partial charge in [0.05, 0.1) is 0 Å². The van der Waals surface area contributed by atoms with Crippen LogP contribution in [0.5, 0.6) is 0 Å². The Morgan fingerprint density at radius 3 is 2.11 bits per heavy atom. The van der Waals surface area contributed by atoms with Gasteiger partial charge in [0.2, 0.25) is 0 Å². The average molecular weight is 318 g/mol. The first-order valence-electron chi connectivity index (χ1n) is 6.22. The Kier molecular flexibility index (Phi) is 3.95. The van der Waals surface area contributed by atoms with E-state index in [0.29, 0.717) is 24.0 Å². The number of alkyl halides is 1. The fraction of sp³-hybridized carbons (Fsp3) is 0.571. The number of halogens is 3. The van der Waals surface area contributed by atoms with Crippen LogP contribution in [0.4, 0.5) is 14.5 Å². The fourth-order valence-electron chi connectivity index (χ4n) is 2.33. The van der Waals surface area contributed by atoms with Gasteiger partial charge in [-0.1, -0.05) is 29.8 Å². The lowest BCUT2D eigenvalue weighted by molar-refractivity contribution is 0.278. The Balaban J connectivity index is 2.24. The fourth-order valence-corrected chi connectivity index (χ4v) is 2.66. The summed E-state index contributed by atoms with van der Waals surface area (Å²) >= 11 is 3.21. The third-order valence-electron chi connectivity index (χ3n) is 3.66. The second kappa shape index (κ2) is 5.16. The second-order valence-electron chi connectivity index (χ2n) is 5.69. The predicted octanol–water partition coefficient (Wildman–Crippen LogP) is 4.49. The molecule has 100 valence electrons. The van der Waals surface area contributed by atoms with E-state index in [9.17, 15) is 8.78 Å². The molecule has 1 fully saturated rings. The molecule has 0 radical (unpaired) electrons. The molecular weight excluding hydrogens is 300 g/mol. The zero-order valence-electron chi connectivity index (χ0n) is 10.8. The minimum absolute atomic E-state index is 0.134. The van der Waals surface area contributed by atoms with Crippen molar-refractivity contribution in [2.75, 3.05) is 18.0 Å². The summed E-state index contributed by atoms with van der Waals surface area (Å²) in [5, 5.41) is 0.466. The van der Waals surface area contributed by atoms with Gasteiger partial charge >= 0.3 is 0 Å². The topological polar surface area (TPSA) is 3.24 Å². The van der Waals surface area contributed by atoms with Gasteiger partial charge in [0, 0.05) is 18.4 Å². The van der Waals surface area contributed by atoms with Crippen molar-refractivity contribution in [3.8, 4) is 0 Å². The molecule has 4 heteroatoms. The van der Waals surface area contributed by atoms with Gasteiger partial charge in [0.1, 0.15) is 17.3 Å². The highest BCUT2D eigenvalue weighted by atomic mass is 79.9. The number of anilines is 1. The third-order valence-corrected chi connectivity index (χ3v) is 4.31. The minimum atomic E-state index is -0.454. The molecule has 1 aromatic carbocycles. The van der Waals surface area contributed by atoms with E-state index >= 15 is 0 Å². The summed E-state index contributed by atoms with van der Waals surface area (Å²) in [6, 6.07) is 2.82. The molecule has 2 rings (SSSR count). The van der Waals surface area contributed by atoms with E-state index in [1.165, 1.54) is 12.1 Å². The molecular formula is C14H18BrF2N. The van der Waals surface area contributed by atoms with Crippen molar-refractivity contribution in [3.05, 3.63) is 29.3 Å². The second-order valence-corrected chi connectivity index (χ2v) is 6.25. The van der Waals surface area contributed by atoms with Crippen LogP contribution < -0.4 is 4.90 Å². The third kappa shape index (κ3) is 2.85. The highest BCUT2D eigenvalue weighted by molar-refractivity contribution is 9.08. The van der Waals surface area contributed by atoms with Gasteiger partial charge in [0.25, 0.3) is 0 Å². The molecule has 18 heavy (non-hydrogen) atoms. The number of hydrogen-bond donors (Lipinski definition) is 0. The molecule has 1 nitrogen and oxygen atoms in total. The highest BCUT2D eigenvalue weighted by Crippen LogP contribution is 2.34. The van der Waals surface area contributed by atoms with Gasteiger partial charge in [-0.25, -0.2) is 8.78 Å².